The third kappa shape index (κ3) is 2.76. The van der Waals surface area contributed by atoms with Crippen LogP contribution in [0, 0.1) is 56.7 Å². The number of likely N-dealkylation sites (N-methyl/N-ethyl adjacent to an activating group) is 1. The highest BCUT2D eigenvalue weighted by Gasteiger charge is 2.57. The molecule has 1 heterocycles. The van der Waals surface area contributed by atoms with E-state index in [1.807, 2.05) is 13.1 Å². The Hall–Kier alpha value is -3.47. The van der Waals surface area contributed by atoms with Crippen LogP contribution in [0.1, 0.15) is 21.8 Å². The minimum atomic E-state index is -1.74. The number of hydrogen-bond acceptors (Lipinski definition) is 7. The van der Waals surface area contributed by atoms with Crippen LogP contribution in [0.2, 0.25) is 0 Å². The number of ether oxygens (including phenoxy) is 1. The van der Waals surface area contributed by atoms with Gasteiger partial charge < -0.3 is 15.0 Å². The van der Waals surface area contributed by atoms with Crippen molar-refractivity contribution in [3.63, 3.8) is 0 Å². The fraction of sp³-hybridized carbons (Fsp3) is 0.381. The Morgan fingerprint density at radius 3 is 2.43 bits per heavy atom. The van der Waals surface area contributed by atoms with Gasteiger partial charge in [0.25, 0.3) is 0 Å². The van der Waals surface area contributed by atoms with E-state index in [2.05, 4.69) is 23.1 Å². The number of fused-ring (bicyclic) bond motifs is 1. The normalized spacial score (nSPS) is 26.0. The Kier molecular flexibility index (Phi) is 5.01. The molecule has 0 spiro atoms. The Morgan fingerprint density at radius 1 is 1.25 bits per heavy atom. The number of hydrogen-bond donors (Lipinski definition) is 1. The monoisotopic (exact) mass is 373 g/mol. The molecule has 1 aromatic rings. The van der Waals surface area contributed by atoms with Crippen molar-refractivity contribution in [3.8, 4) is 18.2 Å². The first-order valence-corrected chi connectivity index (χ1v) is 8.81. The van der Waals surface area contributed by atoms with E-state index in [0.717, 1.165) is 5.57 Å². The second-order valence-electron chi connectivity index (χ2n) is 7.13. The molecule has 2 aliphatic rings. The van der Waals surface area contributed by atoms with Gasteiger partial charge in [-0.1, -0.05) is 18.2 Å². The average Bonchev–Trinajstić information content (AvgIpc) is 2.73. The van der Waals surface area contributed by atoms with Crippen molar-refractivity contribution >= 4 is 11.7 Å². The van der Waals surface area contributed by atoms with Gasteiger partial charge in [-0.2, -0.15) is 15.8 Å². The number of nitrogens with one attached hydrogen (secondary N) is 1. The van der Waals surface area contributed by atoms with E-state index in [4.69, 9.17) is 10.1 Å². The molecule has 3 rings (SSSR count). The molecule has 3 atom stereocenters. The van der Waals surface area contributed by atoms with Gasteiger partial charge in [0.05, 0.1) is 36.6 Å². The molecule has 1 aromatic carbocycles. The van der Waals surface area contributed by atoms with Crippen LogP contribution in [0.4, 0.5) is 0 Å². The highest BCUT2D eigenvalue weighted by molar-refractivity contribution is 6.01. The van der Waals surface area contributed by atoms with Crippen LogP contribution in [0.3, 0.4) is 0 Å². The third-order valence-electron chi connectivity index (χ3n) is 5.66. The molecule has 0 aromatic heterocycles. The molecule has 0 amide bonds. The van der Waals surface area contributed by atoms with E-state index >= 15 is 0 Å². The molecular weight excluding hydrogens is 354 g/mol. The maximum absolute atomic E-state index is 11.7. The number of methoxy groups -OCH3 is 1. The first kappa shape index (κ1) is 19.3. The molecule has 1 unspecified atom stereocenters. The van der Waals surface area contributed by atoms with Crippen molar-refractivity contribution in [2.75, 3.05) is 27.2 Å². The Bertz CT molecular complexity index is 960. The van der Waals surface area contributed by atoms with E-state index in [1.165, 1.54) is 7.11 Å². The zero-order valence-corrected chi connectivity index (χ0v) is 15.6. The Labute approximate surface area is 163 Å². The fourth-order valence-corrected chi connectivity index (χ4v) is 4.27. The number of carbonyl (C=O) groups excluding carboxylic acids is 1. The predicted octanol–water partition coefficient (Wildman–Crippen LogP) is 2.25. The Morgan fingerprint density at radius 2 is 1.89 bits per heavy atom. The lowest BCUT2D eigenvalue weighted by Crippen LogP contribution is -2.52. The standard InChI is InChI=1S/C21H19N5O2/c1-26-8-7-15-16(9-22)19(25)21(11-23,12-24)18(17(15)10-26)13-3-5-14(6-4-13)20(27)28-2/h3-7,16-18,25H,8,10H2,1-2H3/t16?,17-,18-/m0/s1. The second-order valence-corrected chi connectivity index (χ2v) is 7.13. The van der Waals surface area contributed by atoms with Crippen molar-refractivity contribution in [2.45, 2.75) is 5.92 Å². The zero-order chi connectivity index (χ0) is 20.5. The average molecular weight is 373 g/mol. The van der Waals surface area contributed by atoms with Crippen molar-refractivity contribution in [1.82, 2.24) is 4.90 Å². The summed E-state index contributed by atoms with van der Waals surface area (Å²) < 4.78 is 4.72. The smallest absolute Gasteiger partial charge is 0.337 e. The fourth-order valence-electron chi connectivity index (χ4n) is 4.27. The number of nitriles is 3. The first-order valence-electron chi connectivity index (χ1n) is 8.81. The maximum atomic E-state index is 11.7. The van der Waals surface area contributed by atoms with Crippen molar-refractivity contribution in [1.29, 1.82) is 21.2 Å². The summed E-state index contributed by atoms with van der Waals surface area (Å²) in [4.78, 5) is 13.8. The molecule has 1 aliphatic carbocycles. The van der Waals surface area contributed by atoms with Crippen LogP contribution in [-0.4, -0.2) is 43.8 Å². The molecule has 0 radical (unpaired) electrons. The van der Waals surface area contributed by atoms with Crippen LogP contribution >= 0.6 is 0 Å². The van der Waals surface area contributed by atoms with Gasteiger partial charge in [0.1, 0.15) is 5.92 Å². The summed E-state index contributed by atoms with van der Waals surface area (Å²) >= 11 is 0. The molecule has 7 heteroatoms. The van der Waals surface area contributed by atoms with Gasteiger partial charge in [-0.3, -0.25) is 0 Å². The first-order chi connectivity index (χ1) is 13.4. The van der Waals surface area contributed by atoms with E-state index in [1.54, 1.807) is 24.3 Å². The summed E-state index contributed by atoms with van der Waals surface area (Å²) in [5, 5.41) is 38.1. The largest absolute Gasteiger partial charge is 0.465 e. The quantitative estimate of drug-likeness (QED) is 0.626. The lowest BCUT2D eigenvalue weighted by molar-refractivity contribution is 0.0600. The van der Waals surface area contributed by atoms with Crippen LogP contribution in [-0.2, 0) is 4.74 Å². The number of esters is 1. The molecular formula is C21H19N5O2. The highest BCUT2D eigenvalue weighted by atomic mass is 16.5. The molecule has 0 bridgehead atoms. The summed E-state index contributed by atoms with van der Waals surface area (Å²) in [6.45, 7) is 1.23. The van der Waals surface area contributed by atoms with Gasteiger partial charge in [-0.05, 0) is 30.3 Å². The maximum Gasteiger partial charge on any atom is 0.337 e. The minimum absolute atomic E-state index is 0.172. The van der Waals surface area contributed by atoms with Gasteiger partial charge in [0.15, 0.2) is 5.41 Å². The van der Waals surface area contributed by atoms with E-state index in [-0.39, 0.29) is 11.6 Å². The topological polar surface area (TPSA) is 125 Å². The highest BCUT2D eigenvalue weighted by Crippen LogP contribution is 2.53. The molecule has 140 valence electrons. The summed E-state index contributed by atoms with van der Waals surface area (Å²) in [7, 11) is 3.23. The van der Waals surface area contributed by atoms with Crippen molar-refractivity contribution in [3.05, 3.63) is 47.0 Å². The second kappa shape index (κ2) is 7.27. The summed E-state index contributed by atoms with van der Waals surface area (Å²) in [5.74, 6) is -2.21. The van der Waals surface area contributed by atoms with Crippen LogP contribution in [0.5, 0.6) is 0 Å². The van der Waals surface area contributed by atoms with E-state index < -0.39 is 23.2 Å². The van der Waals surface area contributed by atoms with Crippen molar-refractivity contribution in [2.24, 2.45) is 17.3 Å². The zero-order valence-electron chi connectivity index (χ0n) is 15.6. The van der Waals surface area contributed by atoms with Gasteiger partial charge in [0.2, 0.25) is 0 Å². The molecule has 1 aliphatic heterocycles. The molecule has 0 saturated heterocycles. The summed E-state index contributed by atoms with van der Waals surface area (Å²) in [6.07, 6.45) is 1.94. The number of carbonyl (C=O) groups is 1. The molecule has 7 nitrogen and oxygen atoms in total. The van der Waals surface area contributed by atoms with Crippen LogP contribution < -0.4 is 0 Å². The van der Waals surface area contributed by atoms with Crippen LogP contribution in [0.15, 0.2) is 35.9 Å². The number of nitrogens with zero attached hydrogens (tertiary/aromatic N) is 4. The van der Waals surface area contributed by atoms with Gasteiger partial charge in [-0.25, -0.2) is 4.79 Å². The molecule has 1 N–H and O–H groups in total. The molecule has 28 heavy (non-hydrogen) atoms. The predicted molar refractivity (Wildman–Crippen MR) is 100 cm³/mol. The lowest BCUT2D eigenvalue weighted by atomic mass is 9.54. The molecule has 1 saturated carbocycles. The summed E-state index contributed by atoms with van der Waals surface area (Å²) in [5.41, 5.74) is -0.0677. The Balaban J connectivity index is 2.19. The SMILES string of the molecule is COC(=O)c1ccc([C@H]2[C@H]3CN(C)CC=C3C(C#N)C(=N)C2(C#N)C#N)cc1. The van der Waals surface area contributed by atoms with Crippen molar-refractivity contribution < 1.29 is 9.53 Å². The van der Waals surface area contributed by atoms with E-state index in [0.29, 0.717) is 24.2 Å². The molecule has 1 fully saturated rings. The number of benzene rings is 1. The lowest BCUT2D eigenvalue weighted by Gasteiger charge is -2.47. The van der Waals surface area contributed by atoms with Gasteiger partial charge >= 0.3 is 5.97 Å². The number of rotatable bonds is 2. The minimum Gasteiger partial charge on any atom is -0.465 e. The summed E-state index contributed by atoms with van der Waals surface area (Å²) in [6, 6.07) is 12.8. The van der Waals surface area contributed by atoms with Gasteiger partial charge in [-0.15, -0.1) is 0 Å². The van der Waals surface area contributed by atoms with Gasteiger partial charge in [0, 0.05) is 24.9 Å². The van der Waals surface area contributed by atoms with Crippen LogP contribution in [0.25, 0.3) is 0 Å². The van der Waals surface area contributed by atoms with E-state index in [9.17, 15) is 20.6 Å². The third-order valence-corrected chi connectivity index (χ3v) is 5.66.